The Morgan fingerprint density at radius 1 is 1.08 bits per heavy atom. The minimum Gasteiger partial charge on any atom is -0.481 e. The zero-order valence-electron chi connectivity index (χ0n) is 12.9. The van der Waals surface area contributed by atoms with Crippen LogP contribution in [0.1, 0.15) is 23.2 Å². The fourth-order valence-corrected chi connectivity index (χ4v) is 2.75. The van der Waals surface area contributed by atoms with Crippen LogP contribution in [-0.4, -0.2) is 46.9 Å². The van der Waals surface area contributed by atoms with Crippen LogP contribution >= 0.6 is 0 Å². The molecule has 2 atom stereocenters. The summed E-state index contributed by atoms with van der Waals surface area (Å²) in [4.78, 5) is 35.7. The van der Waals surface area contributed by atoms with Gasteiger partial charge in [-0.05, 0) is 24.3 Å². The number of nitrogens with zero attached hydrogens (tertiary/aromatic N) is 1. The van der Waals surface area contributed by atoms with Crippen LogP contribution in [-0.2, 0) is 9.59 Å². The van der Waals surface area contributed by atoms with Crippen LogP contribution < -0.4 is 0 Å². The van der Waals surface area contributed by atoms with Gasteiger partial charge in [-0.1, -0.05) is 0 Å². The Morgan fingerprint density at radius 2 is 1.68 bits per heavy atom. The average Bonchev–Trinajstić information content (AvgIpc) is 2.99. The first-order chi connectivity index (χ1) is 11.6. The molecule has 136 valence electrons. The third kappa shape index (κ3) is 4.55. The van der Waals surface area contributed by atoms with Crippen LogP contribution in [0.25, 0.3) is 0 Å². The normalized spacial score (nSPS) is 20.6. The molecule has 25 heavy (non-hydrogen) atoms. The maximum absolute atomic E-state index is 12.9. The van der Waals surface area contributed by atoms with E-state index < -0.39 is 54.6 Å². The highest BCUT2D eigenvalue weighted by Crippen LogP contribution is 2.37. The van der Waals surface area contributed by atoms with Crippen molar-refractivity contribution in [2.45, 2.75) is 19.0 Å². The van der Waals surface area contributed by atoms with Crippen LogP contribution in [0.4, 0.5) is 17.6 Å². The highest BCUT2D eigenvalue weighted by Gasteiger charge is 2.53. The first kappa shape index (κ1) is 18.9. The lowest BCUT2D eigenvalue weighted by Gasteiger charge is -2.18. The van der Waals surface area contributed by atoms with E-state index in [1.54, 1.807) is 0 Å². The fourth-order valence-electron chi connectivity index (χ4n) is 2.75. The molecule has 1 aliphatic rings. The number of aliphatic carboxylic acids is 1. The SMILES string of the molecule is O=C(CCC(=O)N1C[C@@H](C(F)(F)F)[C@H](C(=O)O)C1)c1ccc(F)cc1. The number of carbonyl (C=O) groups is 3. The van der Waals surface area contributed by atoms with E-state index in [4.69, 9.17) is 5.11 Å². The summed E-state index contributed by atoms with van der Waals surface area (Å²) in [5.74, 6) is -7.13. The maximum Gasteiger partial charge on any atom is 0.394 e. The van der Waals surface area contributed by atoms with Crippen molar-refractivity contribution in [3.05, 3.63) is 35.6 Å². The molecule has 2 rings (SSSR count). The molecular formula is C16H15F4NO4. The van der Waals surface area contributed by atoms with Gasteiger partial charge in [-0.3, -0.25) is 14.4 Å². The standard InChI is InChI=1S/C16H15F4NO4/c17-10-3-1-9(2-4-10)13(22)5-6-14(23)21-7-11(15(24)25)12(8-21)16(18,19)20/h1-4,11-12H,5-8H2,(H,24,25)/t11-,12-/m1/s1. The number of carboxylic acids is 1. The number of carboxylic acid groups (broad SMARTS) is 1. The molecule has 1 saturated heterocycles. The van der Waals surface area contributed by atoms with Gasteiger partial charge in [0.15, 0.2) is 5.78 Å². The zero-order valence-corrected chi connectivity index (χ0v) is 12.9. The topological polar surface area (TPSA) is 74.7 Å². The van der Waals surface area contributed by atoms with Crippen LogP contribution in [0.5, 0.6) is 0 Å². The van der Waals surface area contributed by atoms with Gasteiger partial charge >= 0.3 is 12.1 Å². The van der Waals surface area contributed by atoms with Gasteiger partial charge in [0.1, 0.15) is 5.82 Å². The third-order valence-corrected chi connectivity index (χ3v) is 4.14. The molecule has 0 saturated carbocycles. The van der Waals surface area contributed by atoms with Gasteiger partial charge in [0, 0.05) is 31.5 Å². The molecule has 1 aromatic rings. The third-order valence-electron chi connectivity index (χ3n) is 4.14. The summed E-state index contributed by atoms with van der Waals surface area (Å²) in [5, 5.41) is 8.91. The number of amides is 1. The summed E-state index contributed by atoms with van der Waals surface area (Å²) in [6.07, 6.45) is -5.31. The number of benzene rings is 1. The van der Waals surface area contributed by atoms with Gasteiger partial charge in [-0.2, -0.15) is 13.2 Å². The van der Waals surface area contributed by atoms with E-state index in [2.05, 4.69) is 0 Å². The molecule has 1 fully saturated rings. The summed E-state index contributed by atoms with van der Waals surface area (Å²) in [7, 11) is 0. The number of carbonyl (C=O) groups excluding carboxylic acids is 2. The second kappa shape index (κ2) is 7.20. The van der Waals surface area contributed by atoms with Crippen molar-refractivity contribution < 1.29 is 37.1 Å². The van der Waals surface area contributed by atoms with Gasteiger partial charge in [0.05, 0.1) is 11.8 Å². The minimum atomic E-state index is -4.72. The van der Waals surface area contributed by atoms with E-state index >= 15 is 0 Å². The van der Waals surface area contributed by atoms with Gasteiger partial charge in [0.25, 0.3) is 0 Å². The summed E-state index contributed by atoms with van der Waals surface area (Å²) >= 11 is 0. The van der Waals surface area contributed by atoms with E-state index in [0.717, 1.165) is 17.0 Å². The smallest absolute Gasteiger partial charge is 0.394 e. The molecule has 9 heteroatoms. The van der Waals surface area contributed by atoms with Crippen molar-refractivity contribution >= 4 is 17.7 Å². The summed E-state index contributed by atoms with van der Waals surface area (Å²) in [6, 6.07) is 4.66. The number of hydrogen-bond acceptors (Lipinski definition) is 3. The van der Waals surface area contributed by atoms with Crippen molar-refractivity contribution in [2.24, 2.45) is 11.8 Å². The van der Waals surface area contributed by atoms with E-state index in [0.29, 0.717) is 0 Å². The van der Waals surface area contributed by atoms with Crippen molar-refractivity contribution in [3.8, 4) is 0 Å². The molecule has 0 aromatic heterocycles. The number of rotatable bonds is 5. The van der Waals surface area contributed by atoms with Crippen LogP contribution in [0, 0.1) is 17.7 Å². The molecule has 0 spiro atoms. The average molecular weight is 361 g/mol. The Labute approximate surface area is 140 Å². The Hall–Kier alpha value is -2.45. The lowest BCUT2D eigenvalue weighted by atomic mass is 9.96. The lowest BCUT2D eigenvalue weighted by Crippen LogP contribution is -2.34. The summed E-state index contributed by atoms with van der Waals surface area (Å²) in [5.41, 5.74) is 0.187. The fraction of sp³-hybridized carbons (Fsp3) is 0.438. The monoisotopic (exact) mass is 361 g/mol. The van der Waals surface area contributed by atoms with E-state index in [1.807, 2.05) is 0 Å². The second-order valence-electron chi connectivity index (χ2n) is 5.82. The molecule has 1 amide bonds. The first-order valence-corrected chi connectivity index (χ1v) is 7.45. The van der Waals surface area contributed by atoms with Gasteiger partial charge in [0.2, 0.25) is 5.91 Å². The van der Waals surface area contributed by atoms with E-state index in [9.17, 15) is 31.9 Å². The van der Waals surface area contributed by atoms with Crippen molar-refractivity contribution in [3.63, 3.8) is 0 Å². The van der Waals surface area contributed by atoms with Crippen LogP contribution in [0.15, 0.2) is 24.3 Å². The molecule has 0 aliphatic carbocycles. The molecule has 0 radical (unpaired) electrons. The molecule has 1 aliphatic heterocycles. The number of hydrogen-bond donors (Lipinski definition) is 1. The molecular weight excluding hydrogens is 346 g/mol. The van der Waals surface area contributed by atoms with Gasteiger partial charge in [-0.15, -0.1) is 0 Å². The first-order valence-electron chi connectivity index (χ1n) is 7.45. The van der Waals surface area contributed by atoms with E-state index in [1.165, 1.54) is 12.1 Å². The highest BCUT2D eigenvalue weighted by molar-refractivity contribution is 5.98. The van der Waals surface area contributed by atoms with Crippen LogP contribution in [0.3, 0.4) is 0 Å². The Kier molecular flexibility index (Phi) is 5.44. The van der Waals surface area contributed by atoms with Crippen LogP contribution in [0.2, 0.25) is 0 Å². The predicted molar refractivity (Wildman–Crippen MR) is 77.2 cm³/mol. The quantitative estimate of drug-likeness (QED) is 0.646. The maximum atomic E-state index is 12.9. The molecule has 5 nitrogen and oxygen atoms in total. The summed E-state index contributed by atoms with van der Waals surface area (Å²) < 4.78 is 51.5. The Morgan fingerprint density at radius 3 is 2.16 bits per heavy atom. The van der Waals surface area contributed by atoms with Crippen molar-refractivity contribution in [2.75, 3.05) is 13.1 Å². The largest absolute Gasteiger partial charge is 0.481 e. The number of halogens is 4. The molecule has 1 heterocycles. The van der Waals surface area contributed by atoms with Crippen molar-refractivity contribution in [1.29, 1.82) is 0 Å². The number of likely N-dealkylation sites (tertiary alicyclic amines) is 1. The molecule has 1 aromatic carbocycles. The van der Waals surface area contributed by atoms with Gasteiger partial charge < -0.3 is 10.0 Å². The number of alkyl halides is 3. The summed E-state index contributed by atoms with van der Waals surface area (Å²) in [6.45, 7) is -1.27. The highest BCUT2D eigenvalue weighted by atomic mass is 19.4. The Bertz CT molecular complexity index is 672. The van der Waals surface area contributed by atoms with E-state index in [-0.39, 0.29) is 18.4 Å². The Balaban J connectivity index is 1.96. The molecule has 0 unspecified atom stereocenters. The minimum absolute atomic E-state index is 0.187. The number of ketones is 1. The molecule has 0 bridgehead atoms. The second-order valence-corrected chi connectivity index (χ2v) is 5.82. The van der Waals surface area contributed by atoms with Crippen molar-refractivity contribution in [1.82, 2.24) is 4.90 Å². The zero-order chi connectivity index (χ0) is 18.8. The predicted octanol–water partition coefficient (Wildman–Crippen LogP) is 2.51. The van der Waals surface area contributed by atoms with Gasteiger partial charge in [-0.25, -0.2) is 4.39 Å². The number of Topliss-reactive ketones (excluding diaryl/α,β-unsaturated/α-hetero) is 1. The lowest BCUT2D eigenvalue weighted by molar-refractivity contribution is -0.188. The molecule has 1 N–H and O–H groups in total.